The zero-order valence-electron chi connectivity index (χ0n) is 8.01. The van der Waals surface area contributed by atoms with Gasteiger partial charge in [-0.25, -0.2) is 5.01 Å². The van der Waals surface area contributed by atoms with Crippen LogP contribution in [0.5, 0.6) is 0 Å². The predicted octanol–water partition coefficient (Wildman–Crippen LogP) is 1.94. The fourth-order valence-electron chi connectivity index (χ4n) is 1.75. The third-order valence-electron chi connectivity index (χ3n) is 2.58. The van der Waals surface area contributed by atoms with Gasteiger partial charge in [0.2, 0.25) is 0 Å². The number of nitrogens with zero attached hydrogens (tertiary/aromatic N) is 1. The SMILES string of the molecule is NN1CCc2cc(C(F)(F)F)ccc2C1. The third kappa shape index (κ3) is 2.13. The van der Waals surface area contributed by atoms with Crippen molar-refractivity contribution in [2.75, 3.05) is 6.54 Å². The van der Waals surface area contributed by atoms with E-state index >= 15 is 0 Å². The zero-order chi connectivity index (χ0) is 11.1. The Balaban J connectivity index is 2.35. The first-order valence-electron chi connectivity index (χ1n) is 4.65. The minimum Gasteiger partial charge on any atom is -0.268 e. The normalized spacial score (nSPS) is 17.6. The monoisotopic (exact) mass is 216 g/mol. The molecule has 1 heterocycles. The Morgan fingerprint density at radius 1 is 1.20 bits per heavy atom. The highest BCUT2D eigenvalue weighted by Gasteiger charge is 2.31. The van der Waals surface area contributed by atoms with Crippen LogP contribution in [0.4, 0.5) is 13.2 Å². The second kappa shape index (κ2) is 3.50. The van der Waals surface area contributed by atoms with Gasteiger partial charge in [0.15, 0.2) is 0 Å². The lowest BCUT2D eigenvalue weighted by Gasteiger charge is -2.25. The topological polar surface area (TPSA) is 29.3 Å². The minimum atomic E-state index is -4.26. The molecule has 0 spiro atoms. The van der Waals surface area contributed by atoms with Crippen molar-refractivity contribution in [2.24, 2.45) is 5.84 Å². The number of hydrogen-bond acceptors (Lipinski definition) is 2. The fraction of sp³-hybridized carbons (Fsp3) is 0.400. The summed E-state index contributed by atoms with van der Waals surface area (Å²) < 4.78 is 37.2. The molecule has 0 atom stereocenters. The van der Waals surface area contributed by atoms with Crippen molar-refractivity contribution >= 4 is 0 Å². The summed E-state index contributed by atoms with van der Waals surface area (Å²) in [5.74, 6) is 5.58. The van der Waals surface area contributed by atoms with Crippen molar-refractivity contribution in [1.29, 1.82) is 0 Å². The Morgan fingerprint density at radius 2 is 1.93 bits per heavy atom. The highest BCUT2D eigenvalue weighted by atomic mass is 19.4. The maximum Gasteiger partial charge on any atom is 0.416 e. The molecule has 0 saturated heterocycles. The molecule has 0 unspecified atom stereocenters. The van der Waals surface area contributed by atoms with Crippen LogP contribution in [0.3, 0.4) is 0 Å². The van der Waals surface area contributed by atoms with Gasteiger partial charge >= 0.3 is 6.18 Å². The Kier molecular flexibility index (Phi) is 2.44. The molecular weight excluding hydrogens is 205 g/mol. The molecule has 15 heavy (non-hydrogen) atoms. The van der Waals surface area contributed by atoms with E-state index in [1.54, 1.807) is 5.01 Å². The fourth-order valence-corrected chi connectivity index (χ4v) is 1.75. The molecule has 2 nitrogen and oxygen atoms in total. The molecule has 1 aromatic rings. The molecule has 0 saturated carbocycles. The molecule has 0 aromatic heterocycles. The van der Waals surface area contributed by atoms with Gasteiger partial charge in [-0.05, 0) is 29.7 Å². The molecule has 2 rings (SSSR count). The number of hydrazine groups is 1. The molecule has 1 aliphatic heterocycles. The molecule has 0 fully saturated rings. The van der Waals surface area contributed by atoms with Gasteiger partial charge in [-0.15, -0.1) is 0 Å². The molecular formula is C10H11F3N2. The van der Waals surface area contributed by atoms with Crippen LogP contribution in [0.25, 0.3) is 0 Å². The summed E-state index contributed by atoms with van der Waals surface area (Å²) in [6.45, 7) is 1.13. The van der Waals surface area contributed by atoms with Gasteiger partial charge in [-0.3, -0.25) is 5.84 Å². The Morgan fingerprint density at radius 3 is 2.60 bits per heavy atom. The van der Waals surface area contributed by atoms with Gasteiger partial charge < -0.3 is 0 Å². The summed E-state index contributed by atoms with van der Waals surface area (Å²) in [5, 5.41) is 1.61. The lowest BCUT2D eigenvalue weighted by atomic mass is 9.98. The van der Waals surface area contributed by atoms with Gasteiger partial charge in [0, 0.05) is 13.1 Å². The number of hydrogen-bond donors (Lipinski definition) is 1. The predicted molar refractivity (Wildman–Crippen MR) is 49.7 cm³/mol. The quantitative estimate of drug-likeness (QED) is 0.671. The van der Waals surface area contributed by atoms with Crippen LogP contribution in [-0.2, 0) is 19.1 Å². The molecule has 0 radical (unpaired) electrons. The van der Waals surface area contributed by atoms with Crippen LogP contribution in [0.1, 0.15) is 16.7 Å². The molecule has 82 valence electrons. The summed E-state index contributed by atoms with van der Waals surface area (Å²) in [4.78, 5) is 0. The number of alkyl halides is 3. The highest BCUT2D eigenvalue weighted by Crippen LogP contribution is 2.31. The first-order chi connectivity index (χ1) is 6.97. The average Bonchev–Trinajstić information content (AvgIpc) is 2.15. The van der Waals surface area contributed by atoms with Crippen LogP contribution in [0, 0.1) is 0 Å². The van der Waals surface area contributed by atoms with Crippen molar-refractivity contribution in [1.82, 2.24) is 5.01 Å². The van der Waals surface area contributed by atoms with Crippen LogP contribution in [0.15, 0.2) is 18.2 Å². The third-order valence-corrected chi connectivity index (χ3v) is 2.58. The molecule has 1 aliphatic rings. The van der Waals surface area contributed by atoms with Crippen LogP contribution in [-0.4, -0.2) is 11.6 Å². The number of rotatable bonds is 0. The van der Waals surface area contributed by atoms with Crippen molar-refractivity contribution in [2.45, 2.75) is 19.1 Å². The van der Waals surface area contributed by atoms with E-state index in [1.807, 2.05) is 0 Å². The van der Waals surface area contributed by atoms with E-state index in [9.17, 15) is 13.2 Å². The van der Waals surface area contributed by atoms with Crippen molar-refractivity contribution in [3.05, 3.63) is 34.9 Å². The van der Waals surface area contributed by atoms with Gasteiger partial charge in [0.1, 0.15) is 0 Å². The van der Waals surface area contributed by atoms with E-state index in [0.29, 0.717) is 19.5 Å². The standard InChI is InChI=1S/C10H11F3N2/c11-10(12,13)9-2-1-8-6-15(14)4-3-7(8)5-9/h1-2,5H,3-4,6,14H2. The zero-order valence-corrected chi connectivity index (χ0v) is 8.01. The Labute approximate surface area is 85.5 Å². The first-order valence-corrected chi connectivity index (χ1v) is 4.65. The van der Waals surface area contributed by atoms with Crippen LogP contribution >= 0.6 is 0 Å². The average molecular weight is 216 g/mol. The van der Waals surface area contributed by atoms with Crippen molar-refractivity contribution < 1.29 is 13.2 Å². The maximum atomic E-state index is 12.4. The van der Waals surface area contributed by atoms with Crippen molar-refractivity contribution in [3.8, 4) is 0 Å². The van der Waals surface area contributed by atoms with Gasteiger partial charge in [-0.1, -0.05) is 6.07 Å². The molecule has 0 aliphatic carbocycles. The van der Waals surface area contributed by atoms with Gasteiger partial charge in [-0.2, -0.15) is 13.2 Å². The number of benzene rings is 1. The minimum absolute atomic E-state index is 0.521. The largest absolute Gasteiger partial charge is 0.416 e. The van der Waals surface area contributed by atoms with Crippen molar-refractivity contribution in [3.63, 3.8) is 0 Å². The first kappa shape index (κ1) is 10.4. The summed E-state index contributed by atoms with van der Waals surface area (Å²) >= 11 is 0. The maximum absolute atomic E-state index is 12.4. The number of nitrogens with two attached hydrogens (primary N) is 1. The van der Waals surface area contributed by atoms with Crippen LogP contribution in [0.2, 0.25) is 0 Å². The number of fused-ring (bicyclic) bond motifs is 1. The summed E-state index contributed by atoms with van der Waals surface area (Å²) in [5.41, 5.74) is 1.06. The Hall–Kier alpha value is -1.07. The second-order valence-electron chi connectivity index (χ2n) is 3.70. The van der Waals surface area contributed by atoms with E-state index in [1.165, 1.54) is 12.1 Å². The molecule has 1 aromatic carbocycles. The van der Waals surface area contributed by atoms with E-state index in [4.69, 9.17) is 5.84 Å². The van der Waals surface area contributed by atoms with Crippen LogP contribution < -0.4 is 5.84 Å². The van der Waals surface area contributed by atoms with E-state index in [-0.39, 0.29) is 0 Å². The van der Waals surface area contributed by atoms with Gasteiger partial charge in [0.25, 0.3) is 0 Å². The Bertz CT molecular complexity index is 373. The summed E-state index contributed by atoms with van der Waals surface area (Å²) in [7, 11) is 0. The van der Waals surface area contributed by atoms with E-state index in [0.717, 1.165) is 17.2 Å². The molecule has 2 N–H and O–H groups in total. The second-order valence-corrected chi connectivity index (χ2v) is 3.70. The number of halogens is 3. The van der Waals surface area contributed by atoms with Gasteiger partial charge in [0.05, 0.1) is 5.56 Å². The lowest BCUT2D eigenvalue weighted by molar-refractivity contribution is -0.137. The highest BCUT2D eigenvalue weighted by molar-refractivity contribution is 5.34. The summed E-state index contributed by atoms with van der Waals surface area (Å²) in [6.07, 6.45) is -3.68. The lowest BCUT2D eigenvalue weighted by Crippen LogP contribution is -2.36. The molecule has 5 heteroatoms. The molecule has 0 amide bonds. The summed E-state index contributed by atoms with van der Waals surface area (Å²) in [6, 6.07) is 3.84. The van der Waals surface area contributed by atoms with E-state index < -0.39 is 11.7 Å². The smallest absolute Gasteiger partial charge is 0.268 e. The van der Waals surface area contributed by atoms with E-state index in [2.05, 4.69) is 0 Å². The molecule has 0 bridgehead atoms.